The number of hydrogen-bond acceptors (Lipinski definition) is 2. The number of anilines is 1. The van der Waals surface area contributed by atoms with E-state index in [1.165, 1.54) is 0 Å². The number of hydrogen-bond donors (Lipinski definition) is 0. The summed E-state index contributed by atoms with van der Waals surface area (Å²) in [5.41, 5.74) is 4.41. The molecule has 2 amide bonds. The fraction of sp³-hybridized carbons (Fsp3) is 0.200. The van der Waals surface area contributed by atoms with Crippen molar-refractivity contribution >= 4 is 33.4 Å². The first-order chi connectivity index (χ1) is 17.6. The van der Waals surface area contributed by atoms with Crippen LogP contribution >= 0.6 is 15.9 Å². The molecular formula is C30H28BrN3O2. The number of halogens is 1. The molecule has 1 atom stereocenters. The maximum absolute atomic E-state index is 14.2. The summed E-state index contributed by atoms with van der Waals surface area (Å²) in [6.07, 6.45) is 3.80. The molecule has 0 saturated carbocycles. The molecule has 5 nitrogen and oxygen atoms in total. The van der Waals surface area contributed by atoms with Crippen molar-refractivity contribution in [3.05, 3.63) is 118 Å². The molecule has 0 saturated heterocycles. The van der Waals surface area contributed by atoms with Crippen LogP contribution in [0.5, 0.6) is 0 Å². The Bertz CT molecular complexity index is 1380. The van der Waals surface area contributed by atoms with E-state index >= 15 is 0 Å². The number of para-hydroxylation sites is 2. The number of amides is 2. The van der Waals surface area contributed by atoms with E-state index in [4.69, 9.17) is 0 Å². The number of rotatable bonds is 7. The van der Waals surface area contributed by atoms with Crippen LogP contribution < -0.4 is 4.90 Å². The molecule has 1 unspecified atom stereocenters. The minimum atomic E-state index is -0.294. The van der Waals surface area contributed by atoms with Crippen molar-refractivity contribution < 1.29 is 9.59 Å². The zero-order valence-electron chi connectivity index (χ0n) is 20.2. The van der Waals surface area contributed by atoms with Crippen LogP contribution in [0.15, 0.2) is 102 Å². The first-order valence-electron chi connectivity index (χ1n) is 12.3. The number of benzene rings is 3. The van der Waals surface area contributed by atoms with Crippen LogP contribution in [0.4, 0.5) is 5.69 Å². The molecule has 0 N–H and O–H groups in total. The predicted octanol–water partition coefficient (Wildman–Crippen LogP) is 6.62. The number of carbonyl (C=O) groups is 2. The van der Waals surface area contributed by atoms with E-state index in [0.717, 1.165) is 39.9 Å². The lowest BCUT2D eigenvalue weighted by atomic mass is 9.97. The third-order valence-electron chi connectivity index (χ3n) is 6.57. The van der Waals surface area contributed by atoms with Crippen LogP contribution in [-0.4, -0.2) is 34.4 Å². The fourth-order valence-corrected chi connectivity index (χ4v) is 5.26. The Morgan fingerprint density at radius 1 is 0.889 bits per heavy atom. The van der Waals surface area contributed by atoms with Gasteiger partial charge in [-0.15, -0.1) is 0 Å². The zero-order valence-corrected chi connectivity index (χ0v) is 21.8. The topological polar surface area (TPSA) is 45.6 Å². The Morgan fingerprint density at radius 3 is 2.39 bits per heavy atom. The second-order valence-electron chi connectivity index (χ2n) is 8.96. The Morgan fingerprint density at radius 2 is 1.64 bits per heavy atom. The van der Waals surface area contributed by atoms with Crippen LogP contribution in [0.1, 0.15) is 47.4 Å². The first-order valence-corrected chi connectivity index (χ1v) is 13.1. The minimum absolute atomic E-state index is 0.00369. The standard InChI is InChI=1S/C30H28BrN3O2/c1-2-3-18-32(30(36)23-13-9-14-24(31)20-23)21-28(35)34-26-16-8-7-15-25(26)33-19-10-17-27(33)29(34)22-11-5-4-6-12-22/h4-17,19-20,29H,2-3,18,21H2,1H3. The van der Waals surface area contributed by atoms with Crippen LogP contribution in [0.2, 0.25) is 0 Å². The van der Waals surface area contributed by atoms with E-state index in [9.17, 15) is 9.59 Å². The summed E-state index contributed by atoms with van der Waals surface area (Å²) in [6, 6.07) is 29.2. The predicted molar refractivity (Wildman–Crippen MR) is 146 cm³/mol. The van der Waals surface area contributed by atoms with Crippen molar-refractivity contribution in [1.82, 2.24) is 9.47 Å². The van der Waals surface area contributed by atoms with Gasteiger partial charge in [-0.2, -0.15) is 0 Å². The Hall–Kier alpha value is -3.64. The van der Waals surface area contributed by atoms with Crippen molar-refractivity contribution in [2.75, 3.05) is 18.0 Å². The van der Waals surface area contributed by atoms with Gasteiger partial charge in [-0.05, 0) is 54.4 Å². The molecule has 0 aliphatic carbocycles. The SMILES string of the molecule is CCCCN(CC(=O)N1c2ccccc2-n2cccc2C1c1ccccc1)C(=O)c1cccc(Br)c1. The summed E-state index contributed by atoms with van der Waals surface area (Å²) in [5, 5.41) is 0. The molecule has 0 fully saturated rings. The Kier molecular flexibility index (Phi) is 7.05. The van der Waals surface area contributed by atoms with Gasteiger partial charge in [0, 0.05) is 22.8 Å². The van der Waals surface area contributed by atoms with Gasteiger partial charge in [-0.25, -0.2) is 0 Å². The van der Waals surface area contributed by atoms with Gasteiger partial charge in [0.05, 0.1) is 17.1 Å². The Labute approximate surface area is 220 Å². The molecule has 0 bridgehead atoms. The normalized spacial score (nSPS) is 14.2. The highest BCUT2D eigenvalue weighted by Gasteiger charge is 2.36. The number of unbranched alkanes of at least 4 members (excludes halogenated alkanes) is 1. The molecule has 182 valence electrons. The molecule has 6 heteroatoms. The highest BCUT2D eigenvalue weighted by Crippen LogP contribution is 2.42. The third kappa shape index (κ3) is 4.61. The second-order valence-corrected chi connectivity index (χ2v) is 9.88. The molecular weight excluding hydrogens is 514 g/mol. The first kappa shape index (κ1) is 24.1. The van der Waals surface area contributed by atoms with Gasteiger partial charge in [0.15, 0.2) is 0 Å². The summed E-state index contributed by atoms with van der Waals surface area (Å²) in [6.45, 7) is 2.61. The number of carbonyl (C=O) groups excluding carboxylic acids is 2. The fourth-order valence-electron chi connectivity index (χ4n) is 4.86. The van der Waals surface area contributed by atoms with Gasteiger partial charge in [0.1, 0.15) is 12.6 Å². The molecule has 36 heavy (non-hydrogen) atoms. The lowest BCUT2D eigenvalue weighted by molar-refractivity contribution is -0.119. The molecule has 2 heterocycles. The van der Waals surface area contributed by atoms with E-state index < -0.39 is 0 Å². The largest absolute Gasteiger partial charge is 0.329 e. The van der Waals surface area contributed by atoms with Crippen molar-refractivity contribution in [2.24, 2.45) is 0 Å². The smallest absolute Gasteiger partial charge is 0.254 e. The zero-order chi connectivity index (χ0) is 25.1. The van der Waals surface area contributed by atoms with Crippen molar-refractivity contribution in [2.45, 2.75) is 25.8 Å². The van der Waals surface area contributed by atoms with Crippen LogP contribution in [0, 0.1) is 0 Å². The highest BCUT2D eigenvalue weighted by atomic mass is 79.9. The maximum Gasteiger partial charge on any atom is 0.254 e. The van der Waals surface area contributed by atoms with Crippen LogP contribution in [-0.2, 0) is 4.79 Å². The van der Waals surface area contributed by atoms with Gasteiger partial charge in [-0.1, -0.05) is 77.8 Å². The summed E-state index contributed by atoms with van der Waals surface area (Å²) >= 11 is 3.46. The molecule has 4 aromatic rings. The van der Waals surface area contributed by atoms with Gasteiger partial charge >= 0.3 is 0 Å². The molecule has 5 rings (SSSR count). The lowest BCUT2D eigenvalue weighted by Crippen LogP contribution is -2.47. The van der Waals surface area contributed by atoms with Crippen molar-refractivity contribution in [1.29, 1.82) is 0 Å². The summed E-state index contributed by atoms with van der Waals surface area (Å²) in [7, 11) is 0. The Balaban J connectivity index is 1.55. The number of nitrogens with zero attached hydrogens (tertiary/aromatic N) is 3. The van der Waals surface area contributed by atoms with Gasteiger partial charge in [0.2, 0.25) is 5.91 Å². The third-order valence-corrected chi connectivity index (χ3v) is 7.06. The maximum atomic E-state index is 14.2. The summed E-state index contributed by atoms with van der Waals surface area (Å²) < 4.78 is 2.99. The van der Waals surface area contributed by atoms with Crippen molar-refractivity contribution in [3.63, 3.8) is 0 Å². The van der Waals surface area contributed by atoms with E-state index in [1.54, 1.807) is 11.0 Å². The average molecular weight is 542 g/mol. The lowest BCUT2D eigenvalue weighted by Gasteiger charge is -2.39. The molecule has 0 spiro atoms. The van der Waals surface area contributed by atoms with Gasteiger partial charge in [-0.3, -0.25) is 14.5 Å². The molecule has 1 aliphatic rings. The van der Waals surface area contributed by atoms with E-state index in [2.05, 4.69) is 45.6 Å². The summed E-state index contributed by atoms with van der Waals surface area (Å²) in [4.78, 5) is 31.2. The average Bonchev–Trinajstić information content (AvgIpc) is 3.40. The van der Waals surface area contributed by atoms with Crippen molar-refractivity contribution in [3.8, 4) is 5.69 Å². The molecule has 3 aromatic carbocycles. The van der Waals surface area contributed by atoms with E-state index in [1.807, 2.05) is 77.8 Å². The minimum Gasteiger partial charge on any atom is -0.329 e. The highest BCUT2D eigenvalue weighted by molar-refractivity contribution is 9.10. The monoisotopic (exact) mass is 541 g/mol. The quantitative estimate of drug-likeness (QED) is 0.264. The van der Waals surface area contributed by atoms with Gasteiger partial charge < -0.3 is 9.47 Å². The molecule has 1 aromatic heterocycles. The molecule has 0 radical (unpaired) electrons. The van der Waals surface area contributed by atoms with E-state index in [-0.39, 0.29) is 24.4 Å². The van der Waals surface area contributed by atoms with Crippen LogP contribution in [0.25, 0.3) is 5.69 Å². The van der Waals surface area contributed by atoms with Crippen LogP contribution in [0.3, 0.4) is 0 Å². The number of fused-ring (bicyclic) bond motifs is 3. The number of aromatic nitrogens is 1. The summed E-state index contributed by atoms with van der Waals surface area (Å²) in [5.74, 6) is -0.244. The van der Waals surface area contributed by atoms with Gasteiger partial charge in [0.25, 0.3) is 5.91 Å². The van der Waals surface area contributed by atoms with E-state index in [0.29, 0.717) is 12.1 Å². The molecule has 1 aliphatic heterocycles. The second kappa shape index (κ2) is 10.5.